The Labute approximate surface area is 254 Å². The first-order chi connectivity index (χ1) is 20.2. The number of aliphatic hydroxyl groups is 1. The van der Waals surface area contributed by atoms with E-state index < -0.39 is 27.3 Å². The van der Waals surface area contributed by atoms with Crippen LogP contribution in [-0.4, -0.2) is 57.6 Å². The highest BCUT2D eigenvalue weighted by Crippen LogP contribution is 2.41. The number of amides is 1. The topological polar surface area (TPSA) is 105 Å². The number of nitrogens with zero attached hydrogens (tertiary/aromatic N) is 1. The lowest BCUT2D eigenvalue weighted by Crippen LogP contribution is -2.44. The van der Waals surface area contributed by atoms with Crippen molar-refractivity contribution in [3.63, 3.8) is 0 Å². The maximum absolute atomic E-state index is 13.4. The lowest BCUT2D eigenvalue weighted by atomic mass is 9.70. The van der Waals surface area contributed by atoms with Crippen LogP contribution in [0.5, 0.6) is 5.75 Å². The van der Waals surface area contributed by atoms with Crippen LogP contribution in [0.2, 0.25) is 5.02 Å². The van der Waals surface area contributed by atoms with E-state index in [-0.39, 0.29) is 29.9 Å². The molecule has 3 aliphatic rings. The average molecular weight is 617 g/mol. The van der Waals surface area contributed by atoms with E-state index in [0.717, 1.165) is 55.5 Å². The molecule has 2 N–H and O–H groups in total. The van der Waals surface area contributed by atoms with E-state index in [9.17, 15) is 18.3 Å². The molecular weight excluding hydrogens is 576 g/mol. The zero-order chi connectivity index (χ0) is 29.9. The van der Waals surface area contributed by atoms with Crippen molar-refractivity contribution in [2.24, 2.45) is 17.8 Å². The molecule has 5 unspecified atom stereocenters. The third-order valence-electron chi connectivity index (χ3n) is 9.05. The van der Waals surface area contributed by atoms with E-state index in [4.69, 9.17) is 21.1 Å². The van der Waals surface area contributed by atoms with Crippen LogP contribution >= 0.6 is 11.6 Å². The van der Waals surface area contributed by atoms with Gasteiger partial charge in [-0.05, 0) is 97.7 Å². The Morgan fingerprint density at radius 3 is 2.74 bits per heavy atom. The number of rotatable bonds is 2. The summed E-state index contributed by atoms with van der Waals surface area (Å²) in [5, 5.41) is 10.8. The van der Waals surface area contributed by atoms with Gasteiger partial charge in [0.25, 0.3) is 5.91 Å². The Hall–Kier alpha value is -2.59. The third-order valence-corrected chi connectivity index (χ3v) is 11.2. The van der Waals surface area contributed by atoms with Crippen molar-refractivity contribution in [2.45, 2.75) is 63.4 Å². The second-order valence-corrected chi connectivity index (χ2v) is 14.2. The standard InChI is InChI=1S/C32H41ClN2O6S/c1-21-6-5-8-29(36)27-13-10-24(27)18-35-15-4-3-7-22-16-26(33)12-9-25(22)19-41-30-14-11-23(17-28(30)35)32(37)34-42(38,39)31(21)20-40-2/h5,8-9,11-12,14,16-17,21,24,27,29,31,36H,3-4,6-7,10,13,15,18-20H2,1-2H3,(H,34,37)/b8-5+. The lowest BCUT2D eigenvalue weighted by molar-refractivity contribution is 0.0460. The van der Waals surface area contributed by atoms with Gasteiger partial charge in [-0.3, -0.25) is 4.79 Å². The molecule has 2 aromatic carbocycles. The van der Waals surface area contributed by atoms with Gasteiger partial charge in [-0.15, -0.1) is 0 Å². The minimum absolute atomic E-state index is 0.0522. The largest absolute Gasteiger partial charge is 0.487 e. The number of hydrogen-bond acceptors (Lipinski definition) is 7. The summed E-state index contributed by atoms with van der Waals surface area (Å²) in [4.78, 5) is 15.7. The minimum atomic E-state index is -4.06. The molecule has 0 saturated heterocycles. The molecule has 2 heterocycles. The van der Waals surface area contributed by atoms with Crippen molar-refractivity contribution >= 4 is 33.2 Å². The zero-order valence-electron chi connectivity index (χ0n) is 24.3. The van der Waals surface area contributed by atoms with Gasteiger partial charge in [0.2, 0.25) is 10.0 Å². The Kier molecular flexibility index (Phi) is 9.82. The number of ether oxygens (including phenoxy) is 2. The summed E-state index contributed by atoms with van der Waals surface area (Å²) < 4.78 is 40.7. The molecule has 2 aromatic rings. The molecule has 2 bridgehead atoms. The number of methoxy groups -OCH3 is 1. The first kappa shape index (κ1) is 30.9. The number of allylic oxidation sites excluding steroid dienone is 1. The maximum atomic E-state index is 13.4. The van der Waals surface area contributed by atoms with Crippen LogP contribution in [0.25, 0.3) is 0 Å². The summed E-state index contributed by atoms with van der Waals surface area (Å²) in [6.07, 6.45) is 8.19. The van der Waals surface area contributed by atoms with Gasteiger partial charge in [-0.2, -0.15) is 0 Å². The Morgan fingerprint density at radius 1 is 1.14 bits per heavy atom. The lowest BCUT2D eigenvalue weighted by Gasteiger charge is -2.42. The van der Waals surface area contributed by atoms with Gasteiger partial charge in [0.1, 0.15) is 17.6 Å². The summed E-state index contributed by atoms with van der Waals surface area (Å²) in [5.41, 5.74) is 3.22. The minimum Gasteiger partial charge on any atom is -0.487 e. The second-order valence-electron chi connectivity index (χ2n) is 11.9. The van der Waals surface area contributed by atoms with Crippen molar-refractivity contribution < 1.29 is 27.8 Å². The van der Waals surface area contributed by atoms with Crippen molar-refractivity contribution in [3.05, 3.63) is 70.3 Å². The Morgan fingerprint density at radius 2 is 1.98 bits per heavy atom. The molecule has 8 nitrogen and oxygen atoms in total. The van der Waals surface area contributed by atoms with E-state index in [1.54, 1.807) is 24.3 Å². The number of nitrogens with one attached hydrogen (secondary N) is 1. The number of sulfonamides is 1. The zero-order valence-corrected chi connectivity index (χ0v) is 25.9. The molecular formula is C32H41ClN2O6S. The van der Waals surface area contributed by atoms with Crippen LogP contribution in [0.3, 0.4) is 0 Å². The number of hydrogen-bond donors (Lipinski definition) is 2. The molecule has 1 aliphatic carbocycles. The van der Waals surface area contributed by atoms with Gasteiger partial charge in [0, 0.05) is 30.8 Å². The number of benzene rings is 2. The van der Waals surface area contributed by atoms with Gasteiger partial charge in [-0.1, -0.05) is 36.7 Å². The van der Waals surface area contributed by atoms with Gasteiger partial charge in [0.05, 0.1) is 18.4 Å². The third kappa shape index (κ3) is 6.96. The van der Waals surface area contributed by atoms with Crippen molar-refractivity contribution in [1.29, 1.82) is 0 Å². The van der Waals surface area contributed by atoms with E-state index in [1.807, 2.05) is 31.2 Å². The van der Waals surface area contributed by atoms with Crippen LogP contribution in [-0.2, 0) is 27.8 Å². The first-order valence-electron chi connectivity index (χ1n) is 14.8. The molecule has 2 aliphatic heterocycles. The van der Waals surface area contributed by atoms with Gasteiger partial charge in [0.15, 0.2) is 0 Å². The molecule has 10 heteroatoms. The molecule has 0 radical (unpaired) electrons. The number of halogens is 1. The van der Waals surface area contributed by atoms with E-state index in [1.165, 1.54) is 7.11 Å². The number of carbonyl (C=O) groups is 1. The number of aryl methyl sites for hydroxylation is 1. The predicted molar refractivity (Wildman–Crippen MR) is 165 cm³/mol. The maximum Gasteiger partial charge on any atom is 0.264 e. The smallest absolute Gasteiger partial charge is 0.264 e. The highest BCUT2D eigenvalue weighted by Gasteiger charge is 2.37. The summed E-state index contributed by atoms with van der Waals surface area (Å²) in [6.45, 7) is 3.56. The van der Waals surface area contributed by atoms with E-state index >= 15 is 0 Å². The normalized spacial score (nSPS) is 29.0. The van der Waals surface area contributed by atoms with E-state index in [2.05, 4.69) is 9.62 Å². The fourth-order valence-electron chi connectivity index (χ4n) is 6.35. The van der Waals surface area contributed by atoms with Gasteiger partial charge < -0.3 is 19.5 Å². The van der Waals surface area contributed by atoms with Crippen LogP contribution in [0, 0.1) is 17.8 Å². The molecule has 1 saturated carbocycles. The summed E-state index contributed by atoms with van der Waals surface area (Å²) in [7, 11) is -2.61. The van der Waals surface area contributed by atoms with Gasteiger partial charge >= 0.3 is 0 Å². The quantitative estimate of drug-likeness (QED) is 0.451. The summed E-state index contributed by atoms with van der Waals surface area (Å²) >= 11 is 6.30. The number of carbonyl (C=O) groups excluding carboxylic acids is 1. The number of aliphatic hydroxyl groups excluding tert-OH is 1. The van der Waals surface area contributed by atoms with Crippen molar-refractivity contribution in [2.75, 3.05) is 31.7 Å². The second kappa shape index (κ2) is 13.4. The molecule has 0 aromatic heterocycles. The fourth-order valence-corrected chi connectivity index (χ4v) is 8.11. The molecule has 228 valence electrons. The molecule has 1 amide bonds. The molecule has 5 rings (SSSR count). The first-order valence-corrected chi connectivity index (χ1v) is 16.8. The predicted octanol–water partition coefficient (Wildman–Crippen LogP) is 5.12. The molecule has 42 heavy (non-hydrogen) atoms. The summed E-state index contributed by atoms with van der Waals surface area (Å²) in [5.74, 6) is 0.00442. The highest BCUT2D eigenvalue weighted by molar-refractivity contribution is 7.90. The average Bonchev–Trinajstić information content (AvgIpc) is 2.96. The summed E-state index contributed by atoms with van der Waals surface area (Å²) in [6, 6.07) is 11.0. The number of fused-ring (bicyclic) bond motifs is 3. The van der Waals surface area contributed by atoms with Gasteiger partial charge in [-0.25, -0.2) is 13.1 Å². The highest BCUT2D eigenvalue weighted by atomic mass is 35.5. The Bertz CT molecular complexity index is 1410. The molecule has 0 spiro atoms. The molecule has 5 atom stereocenters. The van der Waals surface area contributed by atoms with Crippen molar-refractivity contribution in [3.8, 4) is 5.75 Å². The Balaban J connectivity index is 1.54. The van der Waals surface area contributed by atoms with Crippen LogP contribution in [0.1, 0.15) is 60.5 Å². The fraction of sp³-hybridized carbons (Fsp3) is 0.531. The van der Waals surface area contributed by atoms with Crippen molar-refractivity contribution in [1.82, 2.24) is 4.72 Å². The van der Waals surface area contributed by atoms with Crippen LogP contribution < -0.4 is 14.4 Å². The van der Waals surface area contributed by atoms with Crippen LogP contribution in [0.4, 0.5) is 5.69 Å². The van der Waals surface area contributed by atoms with E-state index in [0.29, 0.717) is 30.3 Å². The SMILES string of the molecule is COCC1C(C)C/C=C/C(O)C2CCC2CN2CCCCc3cc(Cl)ccc3COc3ccc(cc32)C(=O)NS1(=O)=O. The monoisotopic (exact) mass is 616 g/mol. The van der Waals surface area contributed by atoms with Crippen LogP contribution in [0.15, 0.2) is 48.6 Å². The molecule has 1 fully saturated rings. The number of anilines is 1.